The fourth-order valence-corrected chi connectivity index (χ4v) is 3.27. The second-order valence-electron chi connectivity index (χ2n) is 6.80. The smallest absolute Gasteiger partial charge is 0.527 e. The molecule has 9 heteroatoms. The van der Waals surface area contributed by atoms with E-state index in [1.165, 1.54) is 0 Å². The molecule has 0 amide bonds. The highest BCUT2D eigenvalue weighted by Gasteiger charge is 2.27. The summed E-state index contributed by atoms with van der Waals surface area (Å²) in [5, 5.41) is 25.4. The van der Waals surface area contributed by atoms with Crippen LogP contribution in [0.15, 0.2) is 24.4 Å². The highest BCUT2D eigenvalue weighted by molar-refractivity contribution is 6.44. The fraction of sp³-hybridized carbons (Fsp3) is 0.389. The van der Waals surface area contributed by atoms with E-state index in [2.05, 4.69) is 26.7 Å². The molecule has 138 valence electrons. The zero-order valence-electron chi connectivity index (χ0n) is 15.0. The first-order chi connectivity index (χ1) is 13.1. The molecule has 3 N–H and O–H groups in total. The van der Waals surface area contributed by atoms with Gasteiger partial charge in [0.15, 0.2) is 0 Å². The van der Waals surface area contributed by atoms with Crippen LogP contribution in [0.4, 0.5) is 17.5 Å². The van der Waals surface area contributed by atoms with Crippen molar-refractivity contribution in [2.24, 2.45) is 5.92 Å². The van der Waals surface area contributed by atoms with Crippen LogP contribution in [0.2, 0.25) is 0 Å². The number of nitrogens with zero attached hydrogens (tertiary/aromatic N) is 3. The number of fused-ring (bicyclic) bond motifs is 1. The number of nitriles is 1. The van der Waals surface area contributed by atoms with Gasteiger partial charge in [-0.3, -0.25) is 0 Å². The molecule has 1 fully saturated rings. The normalized spacial score (nSPS) is 21.1. The SMILES string of the molecule is Cc1cnc(Nc2ccc3c(c2)OB(O)C3)nc1NC1COCCC1C#N. The topological polar surface area (TPSA) is 112 Å². The fourth-order valence-electron chi connectivity index (χ4n) is 3.27. The molecule has 4 rings (SSSR count). The first kappa shape index (κ1) is 17.6. The van der Waals surface area contributed by atoms with Gasteiger partial charge in [0.05, 0.1) is 24.6 Å². The lowest BCUT2D eigenvalue weighted by molar-refractivity contribution is 0.0698. The highest BCUT2D eigenvalue weighted by atomic mass is 16.5. The van der Waals surface area contributed by atoms with Gasteiger partial charge in [-0.2, -0.15) is 10.2 Å². The maximum absolute atomic E-state index is 9.59. The zero-order chi connectivity index (χ0) is 18.8. The van der Waals surface area contributed by atoms with Gasteiger partial charge >= 0.3 is 7.12 Å². The van der Waals surface area contributed by atoms with E-state index >= 15 is 0 Å². The zero-order valence-corrected chi connectivity index (χ0v) is 15.0. The van der Waals surface area contributed by atoms with Crippen LogP contribution < -0.4 is 15.3 Å². The highest BCUT2D eigenvalue weighted by Crippen LogP contribution is 2.30. The summed E-state index contributed by atoms with van der Waals surface area (Å²) in [7, 11) is -0.785. The van der Waals surface area contributed by atoms with Gasteiger partial charge in [0.1, 0.15) is 11.6 Å². The molecule has 0 saturated carbocycles. The lowest BCUT2D eigenvalue weighted by atomic mass is 9.85. The molecule has 2 unspecified atom stereocenters. The molecule has 1 saturated heterocycles. The Morgan fingerprint density at radius 3 is 3.15 bits per heavy atom. The Hall–Kier alpha value is -2.83. The summed E-state index contributed by atoms with van der Waals surface area (Å²) in [4.78, 5) is 8.88. The van der Waals surface area contributed by atoms with Crippen molar-refractivity contribution in [2.45, 2.75) is 25.7 Å². The van der Waals surface area contributed by atoms with Gasteiger partial charge in [0.2, 0.25) is 5.95 Å². The maximum Gasteiger partial charge on any atom is 0.527 e. The van der Waals surface area contributed by atoms with Crippen molar-refractivity contribution in [3.05, 3.63) is 35.5 Å². The monoisotopic (exact) mass is 365 g/mol. The number of anilines is 3. The van der Waals surface area contributed by atoms with Crippen LogP contribution in [0.25, 0.3) is 0 Å². The summed E-state index contributed by atoms with van der Waals surface area (Å²) < 4.78 is 10.9. The standard InChI is InChI=1S/C18H20BN5O3/c1-11-9-21-18(22-14-3-2-12-7-19(25)27-16(12)6-14)24-17(11)23-15-10-26-5-4-13(15)8-20/h2-3,6,9,13,15,25H,4-5,7,10H2,1H3,(H2,21,22,23,24). The van der Waals surface area contributed by atoms with Gasteiger partial charge in [0.25, 0.3) is 0 Å². The van der Waals surface area contributed by atoms with E-state index in [1.807, 2.05) is 25.1 Å². The Bertz CT molecular complexity index is 888. The Balaban J connectivity index is 1.51. The average Bonchev–Trinajstić information content (AvgIpc) is 3.04. The van der Waals surface area contributed by atoms with E-state index in [-0.39, 0.29) is 12.0 Å². The number of ether oxygens (including phenoxy) is 1. The first-order valence-electron chi connectivity index (χ1n) is 8.94. The van der Waals surface area contributed by atoms with Gasteiger partial charge < -0.3 is 25.0 Å². The average molecular weight is 365 g/mol. The van der Waals surface area contributed by atoms with Gasteiger partial charge in [0, 0.05) is 36.4 Å². The minimum absolute atomic E-state index is 0.0971. The van der Waals surface area contributed by atoms with Crippen LogP contribution in [0.5, 0.6) is 5.75 Å². The molecule has 2 aromatic rings. The van der Waals surface area contributed by atoms with Gasteiger partial charge in [-0.05, 0) is 25.0 Å². The number of nitrogens with one attached hydrogen (secondary N) is 2. The largest absolute Gasteiger partial charge is 0.536 e. The van der Waals surface area contributed by atoms with Gasteiger partial charge in [-0.15, -0.1) is 0 Å². The lowest BCUT2D eigenvalue weighted by Crippen LogP contribution is -2.38. The molecule has 27 heavy (non-hydrogen) atoms. The van der Waals surface area contributed by atoms with E-state index < -0.39 is 7.12 Å². The van der Waals surface area contributed by atoms with Gasteiger partial charge in [-0.25, -0.2) is 4.98 Å². The van der Waals surface area contributed by atoms with Crippen LogP contribution in [-0.4, -0.2) is 41.4 Å². The first-order valence-corrected chi connectivity index (χ1v) is 8.94. The van der Waals surface area contributed by atoms with Crippen molar-refractivity contribution in [1.29, 1.82) is 5.26 Å². The van der Waals surface area contributed by atoms with E-state index in [9.17, 15) is 10.3 Å². The van der Waals surface area contributed by atoms with Crippen molar-refractivity contribution in [3.63, 3.8) is 0 Å². The van der Waals surface area contributed by atoms with E-state index in [0.29, 0.717) is 43.5 Å². The predicted molar refractivity (Wildman–Crippen MR) is 101 cm³/mol. The van der Waals surface area contributed by atoms with Crippen molar-refractivity contribution in [2.75, 3.05) is 23.8 Å². The third kappa shape index (κ3) is 3.82. The quantitative estimate of drug-likeness (QED) is 0.704. The lowest BCUT2D eigenvalue weighted by Gasteiger charge is -2.28. The molecule has 0 radical (unpaired) electrons. The molecule has 2 aliphatic rings. The van der Waals surface area contributed by atoms with E-state index in [1.54, 1.807) is 6.20 Å². The Labute approximate surface area is 157 Å². The van der Waals surface area contributed by atoms with Crippen LogP contribution in [-0.2, 0) is 11.1 Å². The minimum atomic E-state index is -0.785. The summed E-state index contributed by atoms with van der Waals surface area (Å²) in [6.07, 6.45) is 2.94. The molecule has 0 bridgehead atoms. The summed E-state index contributed by atoms with van der Waals surface area (Å²) >= 11 is 0. The second kappa shape index (κ2) is 7.43. The van der Waals surface area contributed by atoms with E-state index in [4.69, 9.17) is 9.39 Å². The maximum atomic E-state index is 9.59. The van der Waals surface area contributed by atoms with Crippen LogP contribution in [0, 0.1) is 24.2 Å². The molecule has 0 spiro atoms. The molecule has 1 aromatic carbocycles. The molecular formula is C18H20BN5O3. The molecule has 3 heterocycles. The summed E-state index contributed by atoms with van der Waals surface area (Å²) in [6.45, 7) is 3.01. The Morgan fingerprint density at radius 1 is 1.41 bits per heavy atom. The number of hydrogen-bond acceptors (Lipinski definition) is 8. The van der Waals surface area contributed by atoms with Crippen LogP contribution in [0.1, 0.15) is 17.5 Å². The number of rotatable bonds is 4. The second-order valence-corrected chi connectivity index (χ2v) is 6.80. The molecule has 0 aliphatic carbocycles. The molecule has 1 aromatic heterocycles. The van der Waals surface area contributed by atoms with Crippen molar-refractivity contribution in [1.82, 2.24) is 9.97 Å². The Morgan fingerprint density at radius 2 is 2.30 bits per heavy atom. The summed E-state index contributed by atoms with van der Waals surface area (Å²) in [6, 6.07) is 7.88. The van der Waals surface area contributed by atoms with Crippen molar-refractivity contribution < 1.29 is 14.4 Å². The number of benzene rings is 1. The summed E-state index contributed by atoms with van der Waals surface area (Å²) in [5.74, 6) is 1.67. The van der Waals surface area contributed by atoms with Crippen molar-refractivity contribution in [3.8, 4) is 11.8 Å². The third-order valence-electron chi connectivity index (χ3n) is 4.80. The van der Waals surface area contributed by atoms with E-state index in [0.717, 1.165) is 16.8 Å². The summed E-state index contributed by atoms with van der Waals surface area (Å²) in [5.41, 5.74) is 2.64. The predicted octanol–water partition coefficient (Wildman–Crippen LogP) is 1.82. The minimum Gasteiger partial charge on any atom is -0.536 e. The molecule has 8 nitrogen and oxygen atoms in total. The number of aryl methyl sites for hydroxylation is 1. The van der Waals surface area contributed by atoms with Crippen molar-refractivity contribution >= 4 is 24.6 Å². The molecule has 2 aliphatic heterocycles. The molecular weight excluding hydrogens is 345 g/mol. The number of hydrogen-bond donors (Lipinski definition) is 3. The van der Waals surface area contributed by atoms with Crippen LogP contribution >= 0.6 is 0 Å². The van der Waals surface area contributed by atoms with Gasteiger partial charge in [-0.1, -0.05) is 6.07 Å². The number of aromatic nitrogens is 2. The molecule has 2 atom stereocenters. The third-order valence-corrected chi connectivity index (χ3v) is 4.80. The Kier molecular flexibility index (Phi) is 4.84. The van der Waals surface area contributed by atoms with Crippen LogP contribution in [0.3, 0.4) is 0 Å².